The zero-order chi connectivity index (χ0) is 14.0. The summed E-state index contributed by atoms with van der Waals surface area (Å²) < 4.78 is 0. The topological polar surface area (TPSA) is 126 Å². The largest absolute Gasteiger partial charge is 0.478 e. The minimum absolute atomic E-state index is 0. The molecule has 4 N–H and O–H groups in total. The van der Waals surface area contributed by atoms with Crippen molar-refractivity contribution in [2.75, 3.05) is 13.1 Å². The Bertz CT molecular complexity index is 614. The van der Waals surface area contributed by atoms with Gasteiger partial charge < -0.3 is 15.2 Å². The molecule has 1 aliphatic rings. The summed E-state index contributed by atoms with van der Waals surface area (Å²) in [7, 11) is 0. The number of rotatable bonds is 3. The number of nitrogens with one attached hydrogen (secondary N) is 2. The molecule has 2 rings (SSSR count). The molecule has 126 valence electrons. The number of aliphatic carboxylic acids is 1. The number of β-amino-alcohol motifs (C(OH)–C–C–N with tert-alkyl or cyclic N) is 1. The predicted molar refractivity (Wildman–Crippen MR) is 86.4 cm³/mol. The number of nitrogens with zero attached hydrogens (tertiary/aromatic N) is 1. The van der Waals surface area contributed by atoms with Crippen LogP contribution in [0.1, 0.15) is 5.69 Å². The highest BCUT2D eigenvalue weighted by atomic mass is 35.5. The molecule has 1 aromatic rings. The molecule has 22 heavy (non-hydrogen) atoms. The molecule has 0 saturated carbocycles. The number of aliphatic hydroxyl groups is 1. The quantitative estimate of drug-likeness (QED) is 0.564. The molecule has 0 radical (unpaired) electrons. The van der Waals surface area contributed by atoms with E-state index in [2.05, 4.69) is 4.98 Å². The van der Waals surface area contributed by atoms with Crippen molar-refractivity contribution in [3.8, 4) is 0 Å². The molecular weight excluding hydrogens is 360 g/mol. The van der Waals surface area contributed by atoms with E-state index in [-0.39, 0.29) is 62.4 Å². The van der Waals surface area contributed by atoms with Crippen molar-refractivity contribution in [1.82, 2.24) is 14.9 Å². The molecule has 0 bridgehead atoms. The standard InChI is InChI=1S/C11H13N3O5.3ClH/c15-8-1-6(10(17)18)3-14(5-8)4-7-2-9(16)13-11(19)12-7;;;/h1-2,8,15H,3-5H2,(H,17,18)(H2,12,13,16,19);3*1H. The van der Waals surface area contributed by atoms with Crippen LogP contribution in [0.5, 0.6) is 0 Å². The highest BCUT2D eigenvalue weighted by Crippen LogP contribution is 2.12. The minimum Gasteiger partial charge on any atom is -0.478 e. The van der Waals surface area contributed by atoms with E-state index in [1.807, 2.05) is 4.98 Å². The van der Waals surface area contributed by atoms with Gasteiger partial charge in [-0.1, -0.05) is 0 Å². The fourth-order valence-corrected chi connectivity index (χ4v) is 2.01. The third-order valence-corrected chi connectivity index (χ3v) is 2.72. The van der Waals surface area contributed by atoms with Crippen LogP contribution in [0.2, 0.25) is 0 Å². The lowest BCUT2D eigenvalue weighted by Gasteiger charge is -2.28. The number of hydrogen-bond acceptors (Lipinski definition) is 5. The van der Waals surface area contributed by atoms with Crippen LogP contribution in [0.4, 0.5) is 0 Å². The summed E-state index contributed by atoms with van der Waals surface area (Å²) in [5.74, 6) is -1.09. The summed E-state index contributed by atoms with van der Waals surface area (Å²) in [5, 5.41) is 18.5. The van der Waals surface area contributed by atoms with Crippen molar-refractivity contribution in [1.29, 1.82) is 0 Å². The van der Waals surface area contributed by atoms with Gasteiger partial charge in [-0.25, -0.2) is 9.59 Å². The maximum absolute atomic E-state index is 11.1. The minimum atomic E-state index is -1.09. The zero-order valence-electron chi connectivity index (χ0n) is 11.1. The molecule has 0 amide bonds. The van der Waals surface area contributed by atoms with Crippen molar-refractivity contribution in [2.24, 2.45) is 0 Å². The van der Waals surface area contributed by atoms with Crippen LogP contribution in [0.15, 0.2) is 27.3 Å². The summed E-state index contributed by atoms with van der Waals surface area (Å²) in [6.45, 7) is 0.563. The van der Waals surface area contributed by atoms with E-state index in [0.29, 0.717) is 5.69 Å². The van der Waals surface area contributed by atoms with Gasteiger partial charge in [-0.05, 0) is 6.08 Å². The molecule has 2 heterocycles. The van der Waals surface area contributed by atoms with E-state index < -0.39 is 23.3 Å². The first-order valence-corrected chi connectivity index (χ1v) is 5.61. The first-order valence-electron chi connectivity index (χ1n) is 5.61. The Morgan fingerprint density at radius 1 is 1.27 bits per heavy atom. The fourth-order valence-electron chi connectivity index (χ4n) is 2.01. The molecule has 0 aromatic carbocycles. The van der Waals surface area contributed by atoms with Gasteiger partial charge in [0.1, 0.15) is 0 Å². The normalized spacial score (nSPS) is 17.3. The maximum Gasteiger partial charge on any atom is 0.332 e. The van der Waals surface area contributed by atoms with E-state index in [9.17, 15) is 19.5 Å². The number of carboxylic acids is 1. The van der Waals surface area contributed by atoms with Crippen molar-refractivity contribution >= 4 is 43.2 Å². The highest BCUT2D eigenvalue weighted by molar-refractivity contribution is 5.87. The van der Waals surface area contributed by atoms with Crippen molar-refractivity contribution in [3.63, 3.8) is 0 Å². The average molecular weight is 377 g/mol. The number of aromatic amines is 2. The number of aromatic nitrogens is 2. The van der Waals surface area contributed by atoms with Crippen LogP contribution in [0, 0.1) is 0 Å². The number of H-pyrrole nitrogens is 2. The van der Waals surface area contributed by atoms with Gasteiger partial charge in [0.15, 0.2) is 0 Å². The lowest BCUT2D eigenvalue weighted by molar-refractivity contribution is -0.133. The first-order chi connectivity index (χ1) is 8.94. The lowest BCUT2D eigenvalue weighted by atomic mass is 10.1. The summed E-state index contributed by atoms with van der Waals surface area (Å²) >= 11 is 0. The van der Waals surface area contributed by atoms with Crippen LogP contribution in [-0.4, -0.2) is 50.2 Å². The molecular formula is C11H16Cl3N3O5. The number of carbonyl (C=O) groups is 1. The van der Waals surface area contributed by atoms with Gasteiger partial charge in [-0.15, -0.1) is 37.2 Å². The second-order valence-electron chi connectivity index (χ2n) is 4.35. The fraction of sp³-hybridized carbons (Fsp3) is 0.364. The molecule has 11 heteroatoms. The van der Waals surface area contributed by atoms with Crippen LogP contribution >= 0.6 is 37.2 Å². The predicted octanol–water partition coefficient (Wildman–Crippen LogP) is -0.484. The van der Waals surface area contributed by atoms with Gasteiger partial charge in [-0.3, -0.25) is 14.7 Å². The molecule has 0 spiro atoms. The molecule has 0 fully saturated rings. The summed E-state index contributed by atoms with van der Waals surface area (Å²) in [5.41, 5.74) is -0.683. The number of halogens is 3. The monoisotopic (exact) mass is 375 g/mol. The SMILES string of the molecule is Cl.Cl.Cl.O=C(O)C1=CC(O)CN(Cc2cc(=O)[nH]c(=O)[nH]2)C1. The first kappa shape index (κ1) is 23.0. The van der Waals surface area contributed by atoms with Gasteiger partial charge in [0.2, 0.25) is 0 Å². The Morgan fingerprint density at radius 2 is 1.91 bits per heavy atom. The Balaban J connectivity index is 0. The van der Waals surface area contributed by atoms with E-state index in [1.54, 1.807) is 4.90 Å². The van der Waals surface area contributed by atoms with E-state index in [4.69, 9.17) is 5.11 Å². The lowest BCUT2D eigenvalue weighted by Crippen LogP contribution is -2.39. The van der Waals surface area contributed by atoms with Crippen LogP contribution < -0.4 is 11.2 Å². The average Bonchev–Trinajstić information content (AvgIpc) is 2.26. The third-order valence-electron chi connectivity index (χ3n) is 2.72. The molecule has 0 saturated heterocycles. The van der Waals surface area contributed by atoms with Gasteiger partial charge in [-0.2, -0.15) is 0 Å². The Hall–Kier alpha value is -1.32. The molecule has 1 unspecified atom stereocenters. The summed E-state index contributed by atoms with van der Waals surface area (Å²) in [6, 6.07) is 1.23. The van der Waals surface area contributed by atoms with Gasteiger partial charge in [0, 0.05) is 37.0 Å². The van der Waals surface area contributed by atoms with Gasteiger partial charge in [0.05, 0.1) is 6.10 Å². The van der Waals surface area contributed by atoms with E-state index in [0.717, 1.165) is 0 Å². The Kier molecular flexibility index (Phi) is 10.1. The summed E-state index contributed by atoms with van der Waals surface area (Å²) in [4.78, 5) is 39.3. The third kappa shape index (κ3) is 6.20. The van der Waals surface area contributed by atoms with E-state index >= 15 is 0 Å². The van der Waals surface area contributed by atoms with Crippen LogP contribution in [0.3, 0.4) is 0 Å². The Morgan fingerprint density at radius 3 is 2.45 bits per heavy atom. The van der Waals surface area contributed by atoms with E-state index in [1.165, 1.54) is 12.1 Å². The summed E-state index contributed by atoms with van der Waals surface area (Å²) in [6.07, 6.45) is 0.410. The van der Waals surface area contributed by atoms with Gasteiger partial charge in [0.25, 0.3) is 5.56 Å². The zero-order valence-corrected chi connectivity index (χ0v) is 13.6. The number of hydrogen-bond donors (Lipinski definition) is 4. The molecule has 8 nitrogen and oxygen atoms in total. The van der Waals surface area contributed by atoms with Gasteiger partial charge >= 0.3 is 11.7 Å². The van der Waals surface area contributed by atoms with Crippen LogP contribution in [0.25, 0.3) is 0 Å². The van der Waals surface area contributed by atoms with Crippen molar-refractivity contribution < 1.29 is 15.0 Å². The maximum atomic E-state index is 11.1. The molecule has 1 aromatic heterocycles. The molecule has 1 atom stereocenters. The van der Waals surface area contributed by atoms with Crippen molar-refractivity contribution in [2.45, 2.75) is 12.6 Å². The second kappa shape index (κ2) is 9.65. The molecule has 0 aliphatic carbocycles. The van der Waals surface area contributed by atoms with Crippen LogP contribution in [-0.2, 0) is 11.3 Å². The Labute approximate surface area is 143 Å². The highest BCUT2D eigenvalue weighted by Gasteiger charge is 2.22. The smallest absolute Gasteiger partial charge is 0.332 e. The number of carboxylic acid groups (broad SMARTS) is 1. The molecule has 1 aliphatic heterocycles. The second-order valence-corrected chi connectivity index (χ2v) is 4.35. The number of aliphatic hydroxyl groups excluding tert-OH is 1. The van der Waals surface area contributed by atoms with Crippen molar-refractivity contribution in [3.05, 3.63) is 44.2 Å².